The molecule has 116 valence electrons. The second-order valence-electron chi connectivity index (χ2n) is 4.88. The van der Waals surface area contributed by atoms with E-state index in [2.05, 4.69) is 15.5 Å². The van der Waals surface area contributed by atoms with Crippen LogP contribution in [-0.4, -0.2) is 26.6 Å². The van der Waals surface area contributed by atoms with Gasteiger partial charge in [-0.2, -0.15) is 5.10 Å². The van der Waals surface area contributed by atoms with Gasteiger partial charge in [-0.1, -0.05) is 17.7 Å². The summed E-state index contributed by atoms with van der Waals surface area (Å²) in [4.78, 5) is 16.6. The van der Waals surface area contributed by atoms with E-state index < -0.39 is 0 Å². The number of imidazole rings is 1. The Kier molecular flexibility index (Phi) is 3.99. The Hall–Kier alpha value is -2.86. The molecule has 0 spiro atoms. The summed E-state index contributed by atoms with van der Waals surface area (Å²) in [7, 11) is 0. The molecule has 1 aromatic carbocycles. The molecule has 0 atom stereocenters. The summed E-state index contributed by atoms with van der Waals surface area (Å²) >= 11 is 5.85. The molecular weight excluding hydrogens is 316 g/mol. The van der Waals surface area contributed by atoms with Crippen molar-refractivity contribution in [2.24, 2.45) is 5.10 Å². The Labute approximate surface area is 137 Å². The van der Waals surface area contributed by atoms with Crippen molar-refractivity contribution >= 4 is 29.4 Å². The number of nitrogens with one attached hydrogen (secondary N) is 1. The number of amides is 1. The van der Waals surface area contributed by atoms with E-state index in [9.17, 15) is 9.90 Å². The summed E-state index contributed by atoms with van der Waals surface area (Å²) in [6, 6.07) is 10.1. The molecule has 7 heteroatoms. The van der Waals surface area contributed by atoms with Crippen LogP contribution in [0.1, 0.15) is 21.7 Å². The number of rotatable bonds is 3. The minimum atomic E-state index is -0.390. The van der Waals surface area contributed by atoms with Crippen LogP contribution in [0.3, 0.4) is 0 Å². The summed E-state index contributed by atoms with van der Waals surface area (Å²) in [5.41, 5.74) is 4.54. The molecule has 2 aromatic heterocycles. The molecule has 1 amide bonds. The molecule has 3 aromatic rings. The Morgan fingerprint density at radius 3 is 3.04 bits per heavy atom. The first-order chi connectivity index (χ1) is 11.1. The molecule has 0 aliphatic carbocycles. The Balaban J connectivity index is 1.83. The van der Waals surface area contributed by atoms with E-state index in [1.807, 2.05) is 18.2 Å². The number of benzene rings is 1. The zero-order valence-electron chi connectivity index (χ0n) is 12.2. The molecule has 0 saturated heterocycles. The minimum Gasteiger partial charge on any atom is -0.507 e. The number of phenols is 1. The summed E-state index contributed by atoms with van der Waals surface area (Å²) in [6.07, 6.45) is 3.09. The molecule has 6 nitrogen and oxygen atoms in total. The Morgan fingerprint density at radius 2 is 2.22 bits per heavy atom. The monoisotopic (exact) mass is 328 g/mol. The van der Waals surface area contributed by atoms with Crippen LogP contribution in [0.25, 0.3) is 5.65 Å². The highest BCUT2D eigenvalue weighted by Crippen LogP contribution is 2.19. The zero-order valence-corrected chi connectivity index (χ0v) is 12.9. The number of halogens is 1. The third-order valence-corrected chi connectivity index (χ3v) is 3.51. The van der Waals surface area contributed by atoms with E-state index in [1.165, 1.54) is 12.3 Å². The van der Waals surface area contributed by atoms with Crippen molar-refractivity contribution in [1.82, 2.24) is 14.8 Å². The number of aromatic hydroxyl groups is 1. The predicted octanol–water partition coefficient (Wildman–Crippen LogP) is 2.77. The van der Waals surface area contributed by atoms with Crippen LogP contribution in [0, 0.1) is 6.92 Å². The number of hydrogen-bond acceptors (Lipinski definition) is 4. The lowest BCUT2D eigenvalue weighted by Gasteiger charge is -2.02. The number of nitrogens with zero attached hydrogens (tertiary/aromatic N) is 3. The van der Waals surface area contributed by atoms with Crippen molar-refractivity contribution in [2.75, 3.05) is 0 Å². The molecule has 0 aliphatic rings. The fourth-order valence-corrected chi connectivity index (χ4v) is 2.41. The average Bonchev–Trinajstić information content (AvgIpc) is 2.86. The van der Waals surface area contributed by atoms with E-state index in [-0.39, 0.29) is 11.7 Å². The molecule has 0 bridgehead atoms. The quantitative estimate of drug-likeness (QED) is 0.573. The van der Waals surface area contributed by atoms with Gasteiger partial charge in [-0.15, -0.1) is 0 Å². The first-order valence-corrected chi connectivity index (χ1v) is 7.19. The zero-order chi connectivity index (χ0) is 16.4. The highest BCUT2D eigenvalue weighted by atomic mass is 35.5. The second kappa shape index (κ2) is 6.10. The molecule has 0 radical (unpaired) electrons. The van der Waals surface area contributed by atoms with Gasteiger partial charge < -0.3 is 5.11 Å². The van der Waals surface area contributed by atoms with Gasteiger partial charge in [-0.05, 0) is 37.3 Å². The van der Waals surface area contributed by atoms with Crippen LogP contribution in [0.2, 0.25) is 5.02 Å². The summed E-state index contributed by atoms with van der Waals surface area (Å²) in [5, 5.41) is 14.0. The van der Waals surface area contributed by atoms with Crippen LogP contribution in [-0.2, 0) is 0 Å². The van der Waals surface area contributed by atoms with Crippen molar-refractivity contribution in [3.8, 4) is 5.75 Å². The maximum atomic E-state index is 12.3. The first-order valence-electron chi connectivity index (χ1n) is 6.82. The van der Waals surface area contributed by atoms with E-state index in [0.29, 0.717) is 27.6 Å². The number of aryl methyl sites for hydroxylation is 1. The fraction of sp³-hybridized carbons (Fsp3) is 0.0625. The standard InChI is InChI=1S/C16H13ClN4O2/c1-10-15(21-7-3-2-4-14(21)19-10)16(23)20-18-9-11-8-12(17)5-6-13(11)22/h2-9,22H,1H3,(H,20,23)/b18-9+. The van der Waals surface area contributed by atoms with Crippen LogP contribution in [0.15, 0.2) is 47.7 Å². The smallest absolute Gasteiger partial charge is 0.290 e. The molecule has 2 heterocycles. The normalized spacial score (nSPS) is 11.2. The van der Waals surface area contributed by atoms with Crippen LogP contribution < -0.4 is 5.43 Å². The van der Waals surface area contributed by atoms with Gasteiger partial charge in [0.1, 0.15) is 17.1 Å². The number of fused-ring (bicyclic) bond motifs is 1. The van der Waals surface area contributed by atoms with Gasteiger partial charge in [0.05, 0.1) is 11.9 Å². The lowest BCUT2D eigenvalue weighted by Crippen LogP contribution is -2.20. The molecule has 0 unspecified atom stereocenters. The van der Waals surface area contributed by atoms with Crippen molar-refractivity contribution in [2.45, 2.75) is 6.92 Å². The Morgan fingerprint density at radius 1 is 1.39 bits per heavy atom. The van der Waals surface area contributed by atoms with Gasteiger partial charge in [-0.25, -0.2) is 10.4 Å². The molecule has 3 rings (SSSR count). The third kappa shape index (κ3) is 3.02. The number of hydrazone groups is 1. The van der Waals surface area contributed by atoms with Gasteiger partial charge >= 0.3 is 0 Å². The summed E-state index contributed by atoms with van der Waals surface area (Å²) in [6.45, 7) is 1.76. The van der Waals surface area contributed by atoms with Gasteiger partial charge in [0, 0.05) is 16.8 Å². The van der Waals surface area contributed by atoms with E-state index in [0.717, 1.165) is 0 Å². The van der Waals surface area contributed by atoms with Crippen molar-refractivity contribution < 1.29 is 9.90 Å². The third-order valence-electron chi connectivity index (χ3n) is 3.28. The lowest BCUT2D eigenvalue weighted by atomic mass is 10.2. The number of phenolic OH excluding ortho intramolecular Hbond substituents is 1. The van der Waals surface area contributed by atoms with Gasteiger partial charge in [0.25, 0.3) is 5.91 Å². The molecule has 0 fully saturated rings. The maximum absolute atomic E-state index is 12.3. The fourth-order valence-electron chi connectivity index (χ4n) is 2.23. The van der Waals surface area contributed by atoms with Gasteiger partial charge in [0.15, 0.2) is 0 Å². The second-order valence-corrected chi connectivity index (χ2v) is 5.31. The molecule has 2 N–H and O–H groups in total. The molecule has 0 aliphatic heterocycles. The molecule has 23 heavy (non-hydrogen) atoms. The lowest BCUT2D eigenvalue weighted by molar-refractivity contribution is 0.0948. The maximum Gasteiger partial charge on any atom is 0.290 e. The van der Waals surface area contributed by atoms with E-state index in [1.54, 1.807) is 29.7 Å². The van der Waals surface area contributed by atoms with Crippen molar-refractivity contribution in [3.63, 3.8) is 0 Å². The highest BCUT2D eigenvalue weighted by Gasteiger charge is 2.15. The largest absolute Gasteiger partial charge is 0.507 e. The van der Waals surface area contributed by atoms with Gasteiger partial charge in [-0.3, -0.25) is 9.20 Å². The van der Waals surface area contributed by atoms with Gasteiger partial charge in [0.2, 0.25) is 0 Å². The topological polar surface area (TPSA) is 79.0 Å². The summed E-state index contributed by atoms with van der Waals surface area (Å²) < 4.78 is 1.69. The van der Waals surface area contributed by atoms with Crippen LogP contribution in [0.4, 0.5) is 0 Å². The van der Waals surface area contributed by atoms with E-state index in [4.69, 9.17) is 11.6 Å². The highest BCUT2D eigenvalue weighted by molar-refractivity contribution is 6.30. The number of carbonyl (C=O) groups is 1. The number of hydrogen-bond donors (Lipinski definition) is 2. The average molecular weight is 329 g/mol. The number of aromatic nitrogens is 2. The number of carbonyl (C=O) groups excluding carboxylic acids is 1. The van der Waals surface area contributed by atoms with Crippen LogP contribution >= 0.6 is 11.6 Å². The van der Waals surface area contributed by atoms with Crippen molar-refractivity contribution in [3.05, 3.63) is 64.6 Å². The molecular formula is C16H13ClN4O2. The van der Waals surface area contributed by atoms with Crippen molar-refractivity contribution in [1.29, 1.82) is 0 Å². The summed E-state index contributed by atoms with van der Waals surface area (Å²) in [5.74, 6) is -0.364. The molecule has 0 saturated carbocycles. The predicted molar refractivity (Wildman–Crippen MR) is 88.1 cm³/mol. The van der Waals surface area contributed by atoms with E-state index >= 15 is 0 Å². The minimum absolute atomic E-state index is 0.0263. The number of pyridine rings is 1. The SMILES string of the molecule is Cc1nc2ccccn2c1C(=O)N/N=C/c1cc(Cl)ccc1O. The van der Waals surface area contributed by atoms with Crippen LogP contribution in [0.5, 0.6) is 5.75 Å². The Bertz CT molecular complexity index is 918. The first kappa shape index (κ1) is 15.1.